The molecule has 1 atom stereocenters. The summed E-state index contributed by atoms with van der Waals surface area (Å²) in [6.07, 6.45) is 0. The maximum Gasteiger partial charge on any atom is 0.192 e. The molecule has 1 unspecified atom stereocenters. The van der Waals surface area contributed by atoms with E-state index in [0.29, 0.717) is 11.0 Å². The SMILES string of the molecule is CC(C)(C)C1(C)CN1.CC(C)(C)C1(C)N=N1. The molecule has 1 fully saturated rings. The van der Waals surface area contributed by atoms with Crippen molar-refractivity contribution in [3.63, 3.8) is 0 Å². The van der Waals surface area contributed by atoms with Crippen molar-refractivity contribution in [1.82, 2.24) is 5.32 Å². The van der Waals surface area contributed by atoms with E-state index in [1.54, 1.807) is 0 Å². The van der Waals surface area contributed by atoms with E-state index in [2.05, 4.69) is 64.0 Å². The molecule has 2 aliphatic heterocycles. The van der Waals surface area contributed by atoms with E-state index in [9.17, 15) is 0 Å². The van der Waals surface area contributed by atoms with Crippen molar-refractivity contribution >= 4 is 0 Å². The Bertz CT molecular complexity index is 261. The summed E-state index contributed by atoms with van der Waals surface area (Å²) >= 11 is 0. The third kappa shape index (κ3) is 2.82. The minimum atomic E-state index is -0.0625. The van der Waals surface area contributed by atoms with Crippen molar-refractivity contribution in [2.24, 2.45) is 21.1 Å². The summed E-state index contributed by atoms with van der Waals surface area (Å²) in [5.74, 6) is 0. The lowest BCUT2D eigenvalue weighted by molar-refractivity contribution is 0.295. The van der Waals surface area contributed by atoms with Crippen LogP contribution in [0.1, 0.15) is 55.4 Å². The van der Waals surface area contributed by atoms with Gasteiger partial charge < -0.3 is 5.32 Å². The summed E-state index contributed by atoms with van der Waals surface area (Å²) < 4.78 is 0. The first-order chi connectivity index (χ1) is 6.91. The molecule has 0 aliphatic carbocycles. The maximum absolute atomic E-state index is 3.93. The Morgan fingerprint density at radius 1 is 0.875 bits per heavy atom. The molecule has 94 valence electrons. The van der Waals surface area contributed by atoms with Crippen molar-refractivity contribution in [3.05, 3.63) is 0 Å². The summed E-state index contributed by atoms with van der Waals surface area (Å²) in [6, 6.07) is 0. The minimum absolute atomic E-state index is 0.0625. The van der Waals surface area contributed by atoms with Crippen molar-refractivity contribution < 1.29 is 0 Å². The zero-order chi connectivity index (χ0) is 12.8. The van der Waals surface area contributed by atoms with Gasteiger partial charge in [0.1, 0.15) is 0 Å². The summed E-state index contributed by atoms with van der Waals surface area (Å²) in [5, 5.41) is 11.2. The van der Waals surface area contributed by atoms with Gasteiger partial charge in [-0.1, -0.05) is 41.5 Å². The quantitative estimate of drug-likeness (QED) is 0.629. The number of hydrogen-bond donors (Lipinski definition) is 1. The summed E-state index contributed by atoms with van der Waals surface area (Å²) in [7, 11) is 0. The van der Waals surface area contributed by atoms with Crippen LogP contribution in [0, 0.1) is 10.8 Å². The zero-order valence-corrected chi connectivity index (χ0v) is 12.1. The lowest BCUT2D eigenvalue weighted by Crippen LogP contribution is -2.29. The number of rotatable bonds is 0. The molecule has 0 radical (unpaired) electrons. The molecule has 1 N–H and O–H groups in total. The highest BCUT2D eigenvalue weighted by molar-refractivity contribution is 5.07. The predicted octanol–water partition coefficient (Wildman–Crippen LogP) is 3.61. The predicted molar refractivity (Wildman–Crippen MR) is 68.6 cm³/mol. The van der Waals surface area contributed by atoms with Gasteiger partial charge in [-0.15, -0.1) is 0 Å². The molecule has 3 nitrogen and oxygen atoms in total. The van der Waals surface area contributed by atoms with Crippen molar-refractivity contribution in [3.8, 4) is 0 Å². The molecular weight excluding hydrogens is 198 g/mol. The van der Waals surface area contributed by atoms with Crippen LogP contribution in [0.4, 0.5) is 0 Å². The van der Waals surface area contributed by atoms with E-state index >= 15 is 0 Å². The van der Waals surface area contributed by atoms with Gasteiger partial charge in [0.15, 0.2) is 5.66 Å². The molecule has 2 heterocycles. The van der Waals surface area contributed by atoms with Gasteiger partial charge in [0, 0.05) is 17.5 Å². The highest BCUT2D eigenvalue weighted by atomic mass is 15.4. The second-order valence-corrected chi connectivity index (χ2v) is 7.41. The molecule has 16 heavy (non-hydrogen) atoms. The molecule has 2 rings (SSSR count). The van der Waals surface area contributed by atoms with Crippen LogP contribution in [0.3, 0.4) is 0 Å². The molecule has 0 bridgehead atoms. The first-order valence-electron chi connectivity index (χ1n) is 6.10. The van der Waals surface area contributed by atoms with Crippen LogP contribution in [0.15, 0.2) is 10.2 Å². The van der Waals surface area contributed by atoms with Gasteiger partial charge >= 0.3 is 0 Å². The number of nitrogens with one attached hydrogen (secondary N) is 1. The molecule has 0 saturated carbocycles. The largest absolute Gasteiger partial charge is 0.308 e. The lowest BCUT2D eigenvalue weighted by Gasteiger charge is -2.24. The van der Waals surface area contributed by atoms with E-state index in [0.717, 1.165) is 0 Å². The Labute approximate surface area is 100 Å². The normalized spacial score (nSPS) is 30.5. The average Bonchev–Trinajstić information content (AvgIpc) is 2.88. The van der Waals surface area contributed by atoms with E-state index in [-0.39, 0.29) is 11.1 Å². The molecule has 0 aromatic rings. The highest BCUT2D eigenvalue weighted by Crippen LogP contribution is 2.43. The van der Waals surface area contributed by atoms with Crippen molar-refractivity contribution in [2.75, 3.05) is 6.54 Å². The van der Waals surface area contributed by atoms with E-state index in [1.807, 2.05) is 6.92 Å². The fourth-order valence-electron chi connectivity index (χ4n) is 1.04. The molecule has 3 heteroatoms. The third-order valence-electron chi connectivity index (χ3n) is 4.18. The molecular formula is C13H27N3. The highest BCUT2D eigenvalue weighted by Gasteiger charge is 2.47. The van der Waals surface area contributed by atoms with Crippen LogP contribution in [-0.4, -0.2) is 17.7 Å². The van der Waals surface area contributed by atoms with Gasteiger partial charge in [-0.3, -0.25) is 0 Å². The van der Waals surface area contributed by atoms with E-state index in [4.69, 9.17) is 0 Å². The standard InChI is InChI=1S/C7H15N.C6H12N2/c1-6(2,3)7(4)5-8-7;1-5(2,3)6(4)7-8-6/h8H,5H2,1-4H3;1-4H3. The van der Waals surface area contributed by atoms with Crippen LogP contribution >= 0.6 is 0 Å². The average molecular weight is 225 g/mol. The molecule has 2 aliphatic rings. The molecule has 1 saturated heterocycles. The lowest BCUT2D eigenvalue weighted by atomic mass is 9.82. The molecule has 0 amide bonds. The summed E-state index contributed by atoms with van der Waals surface area (Å²) in [4.78, 5) is 0. The Morgan fingerprint density at radius 2 is 1.25 bits per heavy atom. The first-order valence-corrected chi connectivity index (χ1v) is 6.10. The Balaban J connectivity index is 0.000000160. The van der Waals surface area contributed by atoms with Gasteiger partial charge in [0.2, 0.25) is 0 Å². The number of nitrogens with zero attached hydrogens (tertiary/aromatic N) is 2. The van der Waals surface area contributed by atoms with Crippen LogP contribution in [0.25, 0.3) is 0 Å². The first kappa shape index (κ1) is 13.6. The zero-order valence-electron chi connectivity index (χ0n) is 12.1. The minimum Gasteiger partial charge on any atom is -0.308 e. The van der Waals surface area contributed by atoms with Crippen LogP contribution < -0.4 is 5.32 Å². The van der Waals surface area contributed by atoms with Crippen molar-refractivity contribution in [1.29, 1.82) is 0 Å². The van der Waals surface area contributed by atoms with Gasteiger partial charge in [-0.05, 0) is 19.3 Å². The summed E-state index contributed by atoms with van der Waals surface area (Å²) in [5.41, 5.74) is 1.03. The molecule has 0 aromatic heterocycles. The van der Waals surface area contributed by atoms with Crippen LogP contribution in [0.2, 0.25) is 0 Å². The number of hydrogen-bond acceptors (Lipinski definition) is 3. The van der Waals surface area contributed by atoms with Gasteiger partial charge in [0.05, 0.1) is 0 Å². The van der Waals surface area contributed by atoms with Crippen LogP contribution in [-0.2, 0) is 0 Å². The Morgan fingerprint density at radius 3 is 1.25 bits per heavy atom. The monoisotopic (exact) mass is 225 g/mol. The molecule has 0 spiro atoms. The van der Waals surface area contributed by atoms with E-state index < -0.39 is 0 Å². The van der Waals surface area contributed by atoms with Gasteiger partial charge in [-0.25, -0.2) is 0 Å². The van der Waals surface area contributed by atoms with Crippen LogP contribution in [0.5, 0.6) is 0 Å². The van der Waals surface area contributed by atoms with Gasteiger partial charge in [-0.2, -0.15) is 10.2 Å². The molecule has 0 aromatic carbocycles. The topological polar surface area (TPSA) is 46.7 Å². The third-order valence-corrected chi connectivity index (χ3v) is 4.18. The second kappa shape index (κ2) is 3.52. The second-order valence-electron chi connectivity index (χ2n) is 7.41. The summed E-state index contributed by atoms with van der Waals surface area (Å²) in [6.45, 7) is 18.8. The van der Waals surface area contributed by atoms with Crippen molar-refractivity contribution in [2.45, 2.75) is 66.6 Å². The Kier molecular flexibility index (Phi) is 3.00. The maximum atomic E-state index is 3.93. The van der Waals surface area contributed by atoms with Gasteiger partial charge in [0.25, 0.3) is 0 Å². The van der Waals surface area contributed by atoms with E-state index in [1.165, 1.54) is 6.54 Å². The fraction of sp³-hybridized carbons (Fsp3) is 1.00. The smallest absolute Gasteiger partial charge is 0.192 e. The fourth-order valence-corrected chi connectivity index (χ4v) is 1.04. The Hall–Kier alpha value is -0.440.